The summed E-state index contributed by atoms with van der Waals surface area (Å²) in [4.78, 5) is 23.3. The highest BCUT2D eigenvalue weighted by Crippen LogP contribution is 2.47. The first kappa shape index (κ1) is 64.1. The van der Waals surface area contributed by atoms with Crippen LogP contribution < -0.4 is 0 Å². The average Bonchev–Trinajstić information content (AvgIpc) is 3.31. The van der Waals surface area contributed by atoms with Crippen LogP contribution in [0.4, 0.5) is 0 Å². The van der Waals surface area contributed by atoms with Gasteiger partial charge in [-0.1, -0.05) is 231 Å². The first-order chi connectivity index (χ1) is 32.5. The number of hydrogen-bond acceptors (Lipinski definition) is 11. The first-order valence-electron chi connectivity index (χ1n) is 28.0. The quantitative estimate of drug-likeness (QED) is 0.0146. The maximum Gasteiger partial charge on any atom is 0.472 e. The number of aliphatic hydroxyl groups excluding tert-OH is 5. The van der Waals surface area contributed by atoms with Gasteiger partial charge in [0.05, 0.1) is 13.2 Å². The van der Waals surface area contributed by atoms with E-state index in [1.165, 1.54) is 193 Å². The minimum absolute atomic E-state index is 0.0718. The normalized spacial score (nSPS) is 21.3. The van der Waals surface area contributed by atoms with Gasteiger partial charge in [-0.25, -0.2) is 4.57 Å². The average molecular weight is 977 g/mol. The van der Waals surface area contributed by atoms with E-state index in [4.69, 9.17) is 18.5 Å². The van der Waals surface area contributed by atoms with Crippen molar-refractivity contribution < 1.29 is 58.3 Å². The number of ether oxygens (including phenoxy) is 2. The molecule has 0 aromatic rings. The van der Waals surface area contributed by atoms with Crippen LogP contribution in [0.25, 0.3) is 0 Å². The molecule has 0 amide bonds. The summed E-state index contributed by atoms with van der Waals surface area (Å²) in [6.07, 6.45) is 40.0. The zero-order chi connectivity index (χ0) is 49.1. The van der Waals surface area contributed by atoms with Crippen molar-refractivity contribution in [1.29, 1.82) is 0 Å². The second kappa shape index (κ2) is 45.0. The maximum atomic E-state index is 12.9. The van der Waals surface area contributed by atoms with Gasteiger partial charge >= 0.3 is 13.8 Å². The molecule has 1 rings (SSSR count). The standard InChI is InChI=1S/C54H105O12P/c1-3-5-7-9-11-13-15-17-19-21-22-23-24-25-26-28-30-32-34-36-38-40-42-44-63-45-47(46-64-67(61,62)66-54-52(59)50(57)49(56)51(58)53(54)60)65-48(55)43-41-39-37-35-33-31-29-27-20-18-16-14-12-10-8-6-4-2/h18,20,47,49-54,56-60H,3-17,19,21-46H2,1-2H3,(H,61,62)/b20-18-. The summed E-state index contributed by atoms with van der Waals surface area (Å²) >= 11 is 0. The molecule has 6 unspecified atom stereocenters. The summed E-state index contributed by atoms with van der Waals surface area (Å²) in [7, 11) is -5.02. The Balaban J connectivity index is 2.27. The van der Waals surface area contributed by atoms with Crippen molar-refractivity contribution in [2.45, 2.75) is 307 Å². The molecule has 12 nitrogen and oxygen atoms in total. The van der Waals surface area contributed by atoms with Crippen LogP contribution in [0.3, 0.4) is 0 Å². The van der Waals surface area contributed by atoms with Gasteiger partial charge in [-0.2, -0.15) is 0 Å². The van der Waals surface area contributed by atoms with E-state index < -0.39 is 63.1 Å². The van der Waals surface area contributed by atoms with Crippen molar-refractivity contribution in [3.05, 3.63) is 12.2 Å². The summed E-state index contributed by atoms with van der Waals surface area (Å²) in [5, 5.41) is 50.4. The molecule has 0 aromatic carbocycles. The number of phosphoric acid groups is 1. The molecule has 13 heteroatoms. The number of esters is 1. The topological polar surface area (TPSA) is 192 Å². The Kier molecular flexibility index (Phi) is 43.0. The van der Waals surface area contributed by atoms with Crippen LogP contribution in [0.5, 0.6) is 0 Å². The van der Waals surface area contributed by atoms with Crippen LogP contribution in [0.1, 0.15) is 264 Å². The van der Waals surface area contributed by atoms with Crippen molar-refractivity contribution in [1.82, 2.24) is 0 Å². The lowest BCUT2D eigenvalue weighted by Gasteiger charge is -2.41. The zero-order valence-electron chi connectivity index (χ0n) is 43.0. The number of carbonyl (C=O) groups is 1. The lowest BCUT2D eigenvalue weighted by atomic mass is 9.85. The number of rotatable bonds is 49. The predicted molar refractivity (Wildman–Crippen MR) is 272 cm³/mol. The molecule has 6 atom stereocenters. The molecule has 0 spiro atoms. The van der Waals surface area contributed by atoms with Crippen molar-refractivity contribution in [3.63, 3.8) is 0 Å². The van der Waals surface area contributed by atoms with Crippen molar-refractivity contribution in [3.8, 4) is 0 Å². The number of aliphatic hydroxyl groups is 5. The molecular formula is C54H105O12P. The summed E-state index contributed by atoms with van der Waals surface area (Å²) in [5.41, 5.74) is 0. The van der Waals surface area contributed by atoms with Crippen LogP contribution in [0, 0.1) is 0 Å². The fourth-order valence-electron chi connectivity index (χ4n) is 8.94. The van der Waals surface area contributed by atoms with E-state index in [2.05, 4.69) is 26.0 Å². The van der Waals surface area contributed by atoms with E-state index in [-0.39, 0.29) is 13.0 Å². The third kappa shape index (κ3) is 36.6. The Morgan fingerprint density at radius 3 is 1.18 bits per heavy atom. The molecule has 1 saturated carbocycles. The van der Waals surface area contributed by atoms with Crippen LogP contribution in [-0.4, -0.2) is 98.9 Å². The minimum atomic E-state index is -5.02. The first-order valence-corrected chi connectivity index (χ1v) is 29.5. The number of carbonyl (C=O) groups excluding carboxylic acids is 1. The molecule has 0 aromatic heterocycles. The van der Waals surface area contributed by atoms with Gasteiger partial charge < -0.3 is 39.9 Å². The third-order valence-electron chi connectivity index (χ3n) is 13.4. The van der Waals surface area contributed by atoms with Gasteiger partial charge in [0.15, 0.2) is 0 Å². The molecule has 1 aliphatic carbocycles. The number of phosphoric ester groups is 1. The van der Waals surface area contributed by atoms with E-state index in [1.54, 1.807) is 0 Å². The highest BCUT2D eigenvalue weighted by atomic mass is 31.2. The zero-order valence-corrected chi connectivity index (χ0v) is 43.9. The Bertz CT molecular complexity index is 1160. The van der Waals surface area contributed by atoms with Gasteiger partial charge in [0.2, 0.25) is 0 Å². The predicted octanol–water partition coefficient (Wildman–Crippen LogP) is 13.0. The number of allylic oxidation sites excluding steroid dienone is 2. The fourth-order valence-corrected chi connectivity index (χ4v) is 9.91. The monoisotopic (exact) mass is 977 g/mol. The van der Waals surface area contributed by atoms with Gasteiger partial charge in [0.25, 0.3) is 0 Å². The van der Waals surface area contributed by atoms with Crippen molar-refractivity contribution in [2.24, 2.45) is 0 Å². The molecule has 0 heterocycles. The van der Waals surface area contributed by atoms with E-state index in [0.29, 0.717) is 13.0 Å². The summed E-state index contributed by atoms with van der Waals surface area (Å²) < 4.78 is 34.4. The fraction of sp³-hybridized carbons (Fsp3) is 0.944. The lowest BCUT2D eigenvalue weighted by molar-refractivity contribution is -0.220. The van der Waals surface area contributed by atoms with E-state index in [1.807, 2.05) is 0 Å². The van der Waals surface area contributed by atoms with Gasteiger partial charge in [-0.15, -0.1) is 0 Å². The van der Waals surface area contributed by atoms with Crippen molar-refractivity contribution >= 4 is 13.8 Å². The van der Waals surface area contributed by atoms with Crippen LogP contribution in [-0.2, 0) is 27.9 Å². The molecule has 0 bridgehead atoms. The van der Waals surface area contributed by atoms with Gasteiger partial charge in [-0.05, 0) is 38.5 Å². The van der Waals surface area contributed by atoms with E-state index >= 15 is 0 Å². The maximum absolute atomic E-state index is 12.9. The summed E-state index contributed by atoms with van der Waals surface area (Å²) in [6, 6.07) is 0. The smallest absolute Gasteiger partial charge is 0.457 e. The molecular weight excluding hydrogens is 872 g/mol. The van der Waals surface area contributed by atoms with Crippen LogP contribution in [0.15, 0.2) is 12.2 Å². The molecule has 1 fully saturated rings. The number of unbranched alkanes of at least 4 members (excludes halogenated alkanes) is 35. The third-order valence-corrected chi connectivity index (χ3v) is 14.4. The Hall–Kier alpha value is -0.920. The Labute approximate surface area is 409 Å². The summed E-state index contributed by atoms with van der Waals surface area (Å²) in [6.45, 7) is 4.31. The molecule has 1 aliphatic rings. The second-order valence-electron chi connectivity index (χ2n) is 19.8. The van der Waals surface area contributed by atoms with Crippen LogP contribution >= 0.6 is 7.82 Å². The van der Waals surface area contributed by atoms with E-state index in [0.717, 1.165) is 44.9 Å². The molecule has 6 N–H and O–H groups in total. The highest BCUT2D eigenvalue weighted by molar-refractivity contribution is 7.47. The minimum Gasteiger partial charge on any atom is -0.457 e. The Morgan fingerprint density at radius 2 is 0.791 bits per heavy atom. The molecule has 0 aliphatic heterocycles. The molecule has 0 radical (unpaired) electrons. The van der Waals surface area contributed by atoms with Crippen LogP contribution in [0.2, 0.25) is 0 Å². The van der Waals surface area contributed by atoms with E-state index in [9.17, 15) is 39.8 Å². The molecule has 0 saturated heterocycles. The molecule has 67 heavy (non-hydrogen) atoms. The van der Waals surface area contributed by atoms with Gasteiger partial charge in [-0.3, -0.25) is 13.8 Å². The largest absolute Gasteiger partial charge is 0.472 e. The number of hydrogen-bond donors (Lipinski definition) is 6. The Morgan fingerprint density at radius 1 is 0.463 bits per heavy atom. The summed E-state index contributed by atoms with van der Waals surface area (Å²) in [5.74, 6) is -0.475. The van der Waals surface area contributed by atoms with Crippen molar-refractivity contribution in [2.75, 3.05) is 19.8 Å². The second-order valence-corrected chi connectivity index (χ2v) is 21.2. The van der Waals surface area contributed by atoms with Gasteiger partial charge in [0.1, 0.15) is 42.7 Å². The lowest BCUT2D eigenvalue weighted by Crippen LogP contribution is -2.64. The SMILES string of the molecule is CCCCCCCC/C=C\CCCCCCCCCC(=O)OC(COCCCCCCCCCCCCCCCCCCCCCCCCC)COP(=O)(O)OC1C(O)C(O)C(O)C(O)C1O. The highest BCUT2D eigenvalue weighted by Gasteiger charge is 2.51. The molecule has 398 valence electrons. The van der Waals surface area contributed by atoms with Gasteiger partial charge in [0, 0.05) is 13.0 Å².